The lowest BCUT2D eigenvalue weighted by molar-refractivity contribution is 0.0714. The number of aryl methyl sites for hydroxylation is 1. The third-order valence-electron chi connectivity index (χ3n) is 3.48. The molecule has 0 spiro atoms. The summed E-state index contributed by atoms with van der Waals surface area (Å²) >= 11 is 0. The zero-order valence-electron chi connectivity index (χ0n) is 10.4. The van der Waals surface area contributed by atoms with Gasteiger partial charge in [-0.15, -0.1) is 0 Å². The second-order valence-corrected chi connectivity index (χ2v) is 4.87. The summed E-state index contributed by atoms with van der Waals surface area (Å²) < 4.78 is 13.8. The van der Waals surface area contributed by atoms with Crippen molar-refractivity contribution >= 4 is 5.91 Å². The number of carbonyl (C=O) groups excluding carboxylic acids is 1. The number of hydrogen-bond acceptors (Lipinski definition) is 2. The van der Waals surface area contributed by atoms with Crippen molar-refractivity contribution in [2.24, 2.45) is 0 Å². The molecule has 0 aliphatic heterocycles. The van der Waals surface area contributed by atoms with Gasteiger partial charge in [0.05, 0.1) is 17.7 Å². The molecule has 1 aromatic carbocycles. The van der Waals surface area contributed by atoms with Gasteiger partial charge in [-0.2, -0.15) is 0 Å². The number of halogens is 1. The molecular formula is C14H18FNO2. The first kappa shape index (κ1) is 13.0. The fourth-order valence-corrected chi connectivity index (χ4v) is 2.35. The highest BCUT2D eigenvalue weighted by atomic mass is 19.1. The zero-order valence-corrected chi connectivity index (χ0v) is 10.4. The predicted molar refractivity (Wildman–Crippen MR) is 66.9 cm³/mol. The van der Waals surface area contributed by atoms with Crippen LogP contribution in [0.4, 0.5) is 4.39 Å². The maximum Gasteiger partial charge on any atom is 0.254 e. The van der Waals surface area contributed by atoms with Crippen LogP contribution in [0.1, 0.15) is 41.6 Å². The monoisotopic (exact) mass is 251 g/mol. The molecule has 3 nitrogen and oxygen atoms in total. The van der Waals surface area contributed by atoms with Gasteiger partial charge in [-0.3, -0.25) is 4.79 Å². The maximum absolute atomic E-state index is 13.8. The molecule has 1 fully saturated rings. The number of benzene rings is 1. The molecule has 2 atom stereocenters. The highest BCUT2D eigenvalue weighted by molar-refractivity contribution is 5.94. The molecule has 1 aliphatic rings. The molecule has 0 radical (unpaired) electrons. The molecule has 2 N–H and O–H groups in total. The molecule has 1 saturated carbocycles. The van der Waals surface area contributed by atoms with Crippen molar-refractivity contribution in [2.45, 2.75) is 44.8 Å². The zero-order chi connectivity index (χ0) is 13.1. The van der Waals surface area contributed by atoms with Crippen molar-refractivity contribution in [3.63, 3.8) is 0 Å². The fraction of sp³-hybridized carbons (Fsp3) is 0.500. The minimum Gasteiger partial charge on any atom is -0.391 e. The molecule has 0 bridgehead atoms. The molecule has 0 aromatic heterocycles. The van der Waals surface area contributed by atoms with E-state index < -0.39 is 17.8 Å². The first-order valence-electron chi connectivity index (χ1n) is 6.33. The number of rotatable bonds is 2. The lowest BCUT2D eigenvalue weighted by atomic mass is 9.92. The minimum absolute atomic E-state index is 0.0489. The van der Waals surface area contributed by atoms with Gasteiger partial charge in [0.25, 0.3) is 5.91 Å². The molecule has 2 unspecified atom stereocenters. The Labute approximate surface area is 106 Å². The summed E-state index contributed by atoms with van der Waals surface area (Å²) in [7, 11) is 0. The lowest BCUT2D eigenvalue weighted by Gasteiger charge is -2.28. The van der Waals surface area contributed by atoms with Crippen LogP contribution in [0.25, 0.3) is 0 Å². The fourth-order valence-electron chi connectivity index (χ4n) is 2.35. The van der Waals surface area contributed by atoms with Crippen LogP contribution < -0.4 is 5.32 Å². The molecule has 98 valence electrons. The largest absolute Gasteiger partial charge is 0.391 e. The summed E-state index contributed by atoms with van der Waals surface area (Å²) in [5.74, 6) is -0.928. The maximum atomic E-state index is 13.8. The number of nitrogens with one attached hydrogen (secondary N) is 1. The van der Waals surface area contributed by atoms with Crippen LogP contribution >= 0.6 is 0 Å². The van der Waals surface area contributed by atoms with Gasteiger partial charge in [-0.1, -0.05) is 25.0 Å². The summed E-state index contributed by atoms with van der Waals surface area (Å²) in [6.45, 7) is 1.63. The van der Waals surface area contributed by atoms with Crippen LogP contribution in [0.15, 0.2) is 18.2 Å². The first-order valence-corrected chi connectivity index (χ1v) is 6.33. The van der Waals surface area contributed by atoms with Crippen molar-refractivity contribution in [2.75, 3.05) is 0 Å². The number of amides is 1. The van der Waals surface area contributed by atoms with Crippen LogP contribution in [0.3, 0.4) is 0 Å². The van der Waals surface area contributed by atoms with Gasteiger partial charge in [-0.05, 0) is 31.4 Å². The summed E-state index contributed by atoms with van der Waals surface area (Å²) in [4.78, 5) is 12.0. The normalized spacial score (nSPS) is 23.7. The third kappa shape index (κ3) is 2.70. The molecular weight excluding hydrogens is 233 g/mol. The Balaban J connectivity index is 2.09. The Bertz CT molecular complexity index is 447. The predicted octanol–water partition coefficient (Wildman–Crippen LogP) is 2.17. The van der Waals surface area contributed by atoms with Gasteiger partial charge in [0.2, 0.25) is 0 Å². The van der Waals surface area contributed by atoms with Crippen molar-refractivity contribution in [1.82, 2.24) is 5.32 Å². The van der Waals surface area contributed by atoms with Gasteiger partial charge in [0, 0.05) is 0 Å². The molecule has 4 heteroatoms. The van der Waals surface area contributed by atoms with Crippen molar-refractivity contribution in [1.29, 1.82) is 0 Å². The van der Waals surface area contributed by atoms with E-state index in [1.54, 1.807) is 19.1 Å². The van der Waals surface area contributed by atoms with Gasteiger partial charge in [0.1, 0.15) is 5.82 Å². The number of aliphatic hydroxyl groups excluding tert-OH is 1. The Morgan fingerprint density at radius 2 is 2.11 bits per heavy atom. The standard InChI is InChI=1S/C14H18FNO2/c1-9-5-4-6-10(13(9)15)14(18)16-11-7-2-3-8-12(11)17/h4-6,11-12,17H,2-3,7-8H2,1H3,(H,16,18). The molecule has 0 heterocycles. The molecule has 1 aliphatic carbocycles. The summed E-state index contributed by atoms with van der Waals surface area (Å²) in [6.07, 6.45) is 2.89. The Morgan fingerprint density at radius 1 is 1.39 bits per heavy atom. The molecule has 18 heavy (non-hydrogen) atoms. The van der Waals surface area contributed by atoms with E-state index in [4.69, 9.17) is 0 Å². The molecule has 1 aromatic rings. The second kappa shape index (κ2) is 5.48. The molecule has 1 amide bonds. The topological polar surface area (TPSA) is 49.3 Å². The third-order valence-corrected chi connectivity index (χ3v) is 3.48. The van der Waals surface area contributed by atoms with Crippen LogP contribution in [0.5, 0.6) is 0 Å². The van der Waals surface area contributed by atoms with Crippen LogP contribution in [0, 0.1) is 12.7 Å². The lowest BCUT2D eigenvalue weighted by Crippen LogP contribution is -2.45. The van der Waals surface area contributed by atoms with Gasteiger partial charge >= 0.3 is 0 Å². The van der Waals surface area contributed by atoms with E-state index in [1.807, 2.05) is 0 Å². The van der Waals surface area contributed by atoms with Crippen molar-refractivity contribution < 1.29 is 14.3 Å². The van der Waals surface area contributed by atoms with E-state index >= 15 is 0 Å². The summed E-state index contributed by atoms with van der Waals surface area (Å²) in [5, 5.41) is 12.5. The Hall–Kier alpha value is -1.42. The van der Waals surface area contributed by atoms with Gasteiger partial charge in [0.15, 0.2) is 0 Å². The van der Waals surface area contributed by atoms with Crippen molar-refractivity contribution in [3.05, 3.63) is 35.1 Å². The van der Waals surface area contributed by atoms with E-state index in [1.165, 1.54) is 6.07 Å². The number of aliphatic hydroxyl groups is 1. The van der Waals surface area contributed by atoms with Crippen LogP contribution in [0.2, 0.25) is 0 Å². The Morgan fingerprint density at radius 3 is 2.83 bits per heavy atom. The highest BCUT2D eigenvalue weighted by Gasteiger charge is 2.25. The van der Waals surface area contributed by atoms with E-state index in [0.717, 1.165) is 19.3 Å². The van der Waals surface area contributed by atoms with E-state index in [9.17, 15) is 14.3 Å². The van der Waals surface area contributed by atoms with E-state index in [-0.39, 0.29) is 11.6 Å². The Kier molecular flexibility index (Phi) is 3.97. The van der Waals surface area contributed by atoms with Gasteiger partial charge in [-0.25, -0.2) is 4.39 Å². The van der Waals surface area contributed by atoms with Gasteiger partial charge < -0.3 is 10.4 Å². The smallest absolute Gasteiger partial charge is 0.254 e. The minimum atomic E-state index is -0.518. The number of hydrogen-bond donors (Lipinski definition) is 2. The van der Waals surface area contributed by atoms with Crippen molar-refractivity contribution in [3.8, 4) is 0 Å². The first-order chi connectivity index (χ1) is 8.59. The van der Waals surface area contributed by atoms with Crippen LogP contribution in [-0.2, 0) is 0 Å². The number of carbonyl (C=O) groups is 1. The van der Waals surface area contributed by atoms with E-state index in [0.29, 0.717) is 12.0 Å². The summed E-state index contributed by atoms with van der Waals surface area (Å²) in [5.41, 5.74) is 0.500. The van der Waals surface area contributed by atoms with E-state index in [2.05, 4.69) is 5.32 Å². The quantitative estimate of drug-likeness (QED) is 0.846. The summed E-state index contributed by atoms with van der Waals surface area (Å²) in [6, 6.07) is 4.49. The average molecular weight is 251 g/mol. The molecule has 2 rings (SSSR count). The molecule has 0 saturated heterocycles. The second-order valence-electron chi connectivity index (χ2n) is 4.87. The average Bonchev–Trinajstić information content (AvgIpc) is 2.35. The van der Waals surface area contributed by atoms with Crippen LogP contribution in [-0.4, -0.2) is 23.2 Å². The SMILES string of the molecule is Cc1cccc(C(=O)NC2CCCCC2O)c1F. The highest BCUT2D eigenvalue weighted by Crippen LogP contribution is 2.19.